The molecule has 1 atom stereocenters. The van der Waals surface area contributed by atoms with Crippen molar-refractivity contribution in [1.29, 1.82) is 0 Å². The van der Waals surface area contributed by atoms with Gasteiger partial charge in [-0.2, -0.15) is 4.98 Å². The summed E-state index contributed by atoms with van der Waals surface area (Å²) in [6.45, 7) is 2.03. The molecular formula is C14H15N5O. The topological polar surface area (TPSA) is 90.7 Å². The highest BCUT2D eigenvalue weighted by Crippen LogP contribution is 2.20. The maximum Gasteiger partial charge on any atom is 0.228 e. The molecule has 102 valence electrons. The van der Waals surface area contributed by atoms with Crippen LogP contribution in [0, 0.1) is 0 Å². The average molecular weight is 269 g/mol. The van der Waals surface area contributed by atoms with E-state index in [9.17, 15) is 0 Å². The van der Waals surface area contributed by atoms with E-state index < -0.39 is 0 Å². The summed E-state index contributed by atoms with van der Waals surface area (Å²) in [5.41, 5.74) is 8.39. The van der Waals surface area contributed by atoms with Gasteiger partial charge in [0.15, 0.2) is 0 Å². The molecule has 0 spiro atoms. The summed E-state index contributed by atoms with van der Waals surface area (Å²) >= 11 is 0. The number of benzene rings is 1. The maximum atomic E-state index is 5.88. The van der Waals surface area contributed by atoms with Crippen LogP contribution in [0.1, 0.15) is 19.2 Å². The van der Waals surface area contributed by atoms with Crippen molar-refractivity contribution in [3.05, 3.63) is 36.5 Å². The van der Waals surface area contributed by atoms with Gasteiger partial charge in [0.25, 0.3) is 0 Å². The molecule has 2 aromatic heterocycles. The van der Waals surface area contributed by atoms with Gasteiger partial charge < -0.3 is 10.3 Å². The molecule has 0 saturated heterocycles. The number of aromatic nitrogens is 4. The summed E-state index contributed by atoms with van der Waals surface area (Å²) in [6.07, 6.45) is 4.80. The third-order valence-electron chi connectivity index (χ3n) is 3.16. The van der Waals surface area contributed by atoms with Crippen molar-refractivity contribution < 1.29 is 4.52 Å². The Bertz CT molecular complexity index is 724. The lowest BCUT2D eigenvalue weighted by atomic mass is 10.1. The number of hydrogen-bond acceptors (Lipinski definition) is 6. The van der Waals surface area contributed by atoms with Crippen LogP contribution < -0.4 is 5.73 Å². The first-order valence-corrected chi connectivity index (χ1v) is 6.55. The molecule has 0 radical (unpaired) electrons. The number of nitrogens with zero attached hydrogens (tertiary/aromatic N) is 4. The summed E-state index contributed by atoms with van der Waals surface area (Å²) in [6, 6.07) is 5.75. The molecule has 2 N–H and O–H groups in total. The van der Waals surface area contributed by atoms with Gasteiger partial charge in [-0.15, -0.1) is 0 Å². The van der Waals surface area contributed by atoms with Crippen molar-refractivity contribution in [2.75, 3.05) is 0 Å². The molecule has 2 heterocycles. The number of rotatable bonds is 4. The van der Waals surface area contributed by atoms with Crippen LogP contribution in [0.25, 0.3) is 22.4 Å². The standard InChI is InChI=1S/C14H15N5O/c1-2-10(15)8-13-18-14(19-20-13)9-3-4-11-12(7-9)17-6-5-16-11/h3-7,10H,2,8,15H2,1H3. The third-order valence-corrected chi connectivity index (χ3v) is 3.16. The Kier molecular flexibility index (Phi) is 3.39. The predicted octanol–water partition coefficient (Wildman–Crippen LogP) is 1.96. The Hall–Kier alpha value is -2.34. The van der Waals surface area contributed by atoms with E-state index in [1.165, 1.54) is 0 Å². The highest BCUT2D eigenvalue weighted by atomic mass is 16.5. The zero-order valence-corrected chi connectivity index (χ0v) is 11.2. The fourth-order valence-corrected chi connectivity index (χ4v) is 1.93. The minimum Gasteiger partial charge on any atom is -0.339 e. The van der Waals surface area contributed by atoms with Crippen molar-refractivity contribution >= 4 is 11.0 Å². The molecule has 3 aromatic rings. The Morgan fingerprint density at radius 2 is 2.00 bits per heavy atom. The average Bonchev–Trinajstić information content (AvgIpc) is 2.95. The second-order valence-electron chi connectivity index (χ2n) is 4.64. The van der Waals surface area contributed by atoms with E-state index >= 15 is 0 Å². The van der Waals surface area contributed by atoms with E-state index in [2.05, 4.69) is 20.1 Å². The molecule has 0 aliphatic carbocycles. The smallest absolute Gasteiger partial charge is 0.228 e. The molecule has 6 heteroatoms. The fourth-order valence-electron chi connectivity index (χ4n) is 1.93. The Morgan fingerprint density at radius 3 is 2.80 bits per heavy atom. The van der Waals surface area contributed by atoms with Gasteiger partial charge in [-0.3, -0.25) is 9.97 Å². The molecule has 6 nitrogen and oxygen atoms in total. The fraction of sp³-hybridized carbons (Fsp3) is 0.286. The minimum atomic E-state index is 0.0470. The summed E-state index contributed by atoms with van der Waals surface area (Å²) in [5, 5.41) is 3.99. The molecule has 20 heavy (non-hydrogen) atoms. The first-order chi connectivity index (χ1) is 9.76. The van der Waals surface area contributed by atoms with Gasteiger partial charge in [-0.05, 0) is 24.6 Å². The maximum absolute atomic E-state index is 5.88. The number of nitrogens with two attached hydrogens (primary N) is 1. The second-order valence-corrected chi connectivity index (χ2v) is 4.64. The van der Waals surface area contributed by atoms with E-state index in [1.54, 1.807) is 12.4 Å². The van der Waals surface area contributed by atoms with Crippen LogP contribution in [0.3, 0.4) is 0 Å². The SMILES string of the molecule is CCC(N)Cc1nc(-c2ccc3nccnc3c2)no1. The third kappa shape index (κ3) is 2.50. The normalized spacial score (nSPS) is 12.7. The summed E-state index contributed by atoms with van der Waals surface area (Å²) in [4.78, 5) is 12.9. The second kappa shape index (κ2) is 5.34. The van der Waals surface area contributed by atoms with Crippen molar-refractivity contribution in [1.82, 2.24) is 20.1 Å². The van der Waals surface area contributed by atoms with Crippen LogP contribution in [-0.2, 0) is 6.42 Å². The molecular weight excluding hydrogens is 254 g/mol. The van der Waals surface area contributed by atoms with Crippen molar-refractivity contribution in [3.8, 4) is 11.4 Å². The van der Waals surface area contributed by atoms with Gasteiger partial charge in [0.1, 0.15) is 0 Å². The van der Waals surface area contributed by atoms with Crippen LogP contribution in [0.2, 0.25) is 0 Å². The largest absolute Gasteiger partial charge is 0.339 e. The highest BCUT2D eigenvalue weighted by molar-refractivity contribution is 5.79. The van der Waals surface area contributed by atoms with Crippen molar-refractivity contribution in [2.45, 2.75) is 25.8 Å². The monoisotopic (exact) mass is 269 g/mol. The van der Waals surface area contributed by atoms with Crippen LogP contribution in [-0.4, -0.2) is 26.2 Å². The zero-order valence-electron chi connectivity index (χ0n) is 11.2. The van der Waals surface area contributed by atoms with E-state index in [0.717, 1.165) is 23.0 Å². The molecule has 0 amide bonds. The predicted molar refractivity (Wildman–Crippen MR) is 74.8 cm³/mol. The Morgan fingerprint density at radius 1 is 1.20 bits per heavy atom. The molecule has 1 aromatic carbocycles. The Labute approximate surface area is 116 Å². The van der Waals surface area contributed by atoms with Crippen LogP contribution in [0.15, 0.2) is 35.1 Å². The van der Waals surface area contributed by atoms with Gasteiger partial charge in [-0.1, -0.05) is 12.1 Å². The first-order valence-electron chi connectivity index (χ1n) is 6.55. The summed E-state index contributed by atoms with van der Waals surface area (Å²) in [7, 11) is 0. The van der Waals surface area contributed by atoms with Crippen molar-refractivity contribution in [3.63, 3.8) is 0 Å². The number of fused-ring (bicyclic) bond motifs is 1. The number of hydrogen-bond donors (Lipinski definition) is 1. The molecule has 3 rings (SSSR count). The van der Waals surface area contributed by atoms with Crippen LogP contribution in [0.4, 0.5) is 0 Å². The van der Waals surface area contributed by atoms with E-state index in [0.29, 0.717) is 18.1 Å². The van der Waals surface area contributed by atoms with Crippen LogP contribution >= 0.6 is 0 Å². The van der Waals surface area contributed by atoms with E-state index in [4.69, 9.17) is 10.3 Å². The molecule has 0 aliphatic rings. The van der Waals surface area contributed by atoms with Gasteiger partial charge in [0.05, 0.1) is 11.0 Å². The Balaban J connectivity index is 1.91. The molecule has 0 aliphatic heterocycles. The summed E-state index contributed by atoms with van der Waals surface area (Å²) < 4.78 is 5.23. The lowest BCUT2D eigenvalue weighted by molar-refractivity contribution is 0.368. The van der Waals surface area contributed by atoms with E-state index in [1.807, 2.05) is 25.1 Å². The van der Waals surface area contributed by atoms with Gasteiger partial charge >= 0.3 is 0 Å². The van der Waals surface area contributed by atoms with Gasteiger partial charge in [-0.25, -0.2) is 0 Å². The lowest BCUT2D eigenvalue weighted by Crippen LogP contribution is -2.21. The lowest BCUT2D eigenvalue weighted by Gasteiger charge is -2.02. The quantitative estimate of drug-likeness (QED) is 0.778. The van der Waals surface area contributed by atoms with Gasteiger partial charge in [0.2, 0.25) is 11.7 Å². The molecule has 0 fully saturated rings. The van der Waals surface area contributed by atoms with E-state index in [-0.39, 0.29) is 6.04 Å². The minimum absolute atomic E-state index is 0.0470. The van der Waals surface area contributed by atoms with Gasteiger partial charge in [0, 0.05) is 30.4 Å². The summed E-state index contributed by atoms with van der Waals surface area (Å²) in [5.74, 6) is 1.12. The zero-order chi connectivity index (χ0) is 13.9. The van der Waals surface area contributed by atoms with Crippen LogP contribution in [0.5, 0.6) is 0 Å². The first kappa shape index (κ1) is 12.7. The molecule has 1 unspecified atom stereocenters. The molecule has 0 saturated carbocycles. The molecule has 0 bridgehead atoms. The highest BCUT2D eigenvalue weighted by Gasteiger charge is 2.12. The van der Waals surface area contributed by atoms with Crippen molar-refractivity contribution in [2.24, 2.45) is 5.73 Å².